The first-order chi connectivity index (χ1) is 23.4. The molecule has 1 aliphatic carbocycles. The predicted molar refractivity (Wildman–Crippen MR) is 184 cm³/mol. The standard InChI is InChI=1S/C39H42Cl2O7/c1-27-36(42)39(40,41)37(27)48-38-35(46-25-31-20-12-5-13-21-31)34(45-24-30-18-10-4-11-19-30)33(44-23-29-16-8-3-9-17-29)32(47-38)26-43-22-28-14-6-2-7-15-28/h2-21,27,32-38,42H,22-26H2,1H3/t27-,32+,33-,34-,35+,36+,37+,38-/m0/s1. The zero-order valence-corrected chi connectivity index (χ0v) is 28.4. The Balaban J connectivity index is 1.32. The van der Waals surface area contributed by atoms with Gasteiger partial charge in [0.1, 0.15) is 30.5 Å². The van der Waals surface area contributed by atoms with Gasteiger partial charge in [0.05, 0.1) is 39.1 Å². The van der Waals surface area contributed by atoms with E-state index in [0.717, 1.165) is 22.3 Å². The van der Waals surface area contributed by atoms with Gasteiger partial charge in [-0.2, -0.15) is 0 Å². The van der Waals surface area contributed by atoms with Gasteiger partial charge in [0, 0.05) is 5.92 Å². The van der Waals surface area contributed by atoms with E-state index in [9.17, 15) is 5.11 Å². The van der Waals surface area contributed by atoms with Crippen molar-refractivity contribution in [1.29, 1.82) is 0 Å². The first-order valence-corrected chi connectivity index (χ1v) is 17.1. The Morgan fingerprint density at radius 3 is 1.48 bits per heavy atom. The smallest absolute Gasteiger partial charge is 0.187 e. The molecule has 6 rings (SSSR count). The summed E-state index contributed by atoms with van der Waals surface area (Å²) in [5.74, 6) is -0.332. The maximum atomic E-state index is 10.5. The van der Waals surface area contributed by atoms with Crippen molar-refractivity contribution in [3.05, 3.63) is 144 Å². The van der Waals surface area contributed by atoms with E-state index in [1.54, 1.807) is 0 Å². The fourth-order valence-corrected chi connectivity index (χ4v) is 7.03. The zero-order valence-electron chi connectivity index (χ0n) is 26.9. The van der Waals surface area contributed by atoms with Crippen molar-refractivity contribution < 1.29 is 33.5 Å². The van der Waals surface area contributed by atoms with E-state index < -0.39 is 47.2 Å². The van der Waals surface area contributed by atoms with Gasteiger partial charge in [0.25, 0.3) is 0 Å². The average molecular weight is 694 g/mol. The summed E-state index contributed by atoms with van der Waals surface area (Å²) in [4.78, 5) is 0. The van der Waals surface area contributed by atoms with Gasteiger partial charge in [-0.25, -0.2) is 0 Å². The number of rotatable bonds is 15. The molecule has 2 fully saturated rings. The molecule has 4 aromatic carbocycles. The number of ether oxygens (including phenoxy) is 6. The van der Waals surface area contributed by atoms with Crippen molar-refractivity contribution >= 4 is 23.2 Å². The number of alkyl halides is 2. The first-order valence-electron chi connectivity index (χ1n) is 16.3. The van der Waals surface area contributed by atoms with E-state index in [-0.39, 0.29) is 19.1 Å². The minimum absolute atomic E-state index is 0.195. The van der Waals surface area contributed by atoms with E-state index in [4.69, 9.17) is 51.6 Å². The SMILES string of the molecule is C[C@H]1[C@@H](O)C(Cl)(Cl)[C@@H]1O[C@@H]1O[C@H](COCc2ccccc2)[C@H](OCc2ccccc2)[C@H](OCc2ccccc2)[C@H]1OCc1ccccc1. The number of hydrogen-bond acceptors (Lipinski definition) is 7. The van der Waals surface area contributed by atoms with Crippen molar-refractivity contribution in [1.82, 2.24) is 0 Å². The third-order valence-corrected chi connectivity index (χ3v) is 9.75. The Hall–Kier alpha value is -2.82. The van der Waals surface area contributed by atoms with Crippen LogP contribution in [0.3, 0.4) is 0 Å². The summed E-state index contributed by atoms with van der Waals surface area (Å²) < 4.78 is 38.1. The van der Waals surface area contributed by atoms with Gasteiger partial charge >= 0.3 is 0 Å². The number of aliphatic hydroxyl groups is 1. The lowest BCUT2D eigenvalue weighted by Crippen LogP contribution is -2.68. The van der Waals surface area contributed by atoms with Gasteiger partial charge in [-0.3, -0.25) is 0 Å². The molecule has 0 unspecified atom stereocenters. The van der Waals surface area contributed by atoms with E-state index in [2.05, 4.69) is 0 Å². The Bertz CT molecular complexity index is 1510. The highest BCUT2D eigenvalue weighted by atomic mass is 35.5. The Morgan fingerprint density at radius 1 is 0.604 bits per heavy atom. The Morgan fingerprint density at radius 2 is 1.02 bits per heavy atom. The summed E-state index contributed by atoms with van der Waals surface area (Å²) in [6.07, 6.45) is -5.25. The van der Waals surface area contributed by atoms with Crippen molar-refractivity contribution in [2.75, 3.05) is 6.61 Å². The molecule has 7 nitrogen and oxygen atoms in total. The molecule has 48 heavy (non-hydrogen) atoms. The van der Waals surface area contributed by atoms with E-state index in [0.29, 0.717) is 19.8 Å². The highest BCUT2D eigenvalue weighted by Crippen LogP contribution is 2.50. The highest BCUT2D eigenvalue weighted by molar-refractivity contribution is 6.50. The monoisotopic (exact) mass is 692 g/mol. The van der Waals surface area contributed by atoms with Gasteiger partial charge in [-0.1, -0.05) is 151 Å². The molecule has 9 heteroatoms. The number of benzene rings is 4. The molecule has 1 saturated heterocycles. The summed E-state index contributed by atoms with van der Waals surface area (Å²) in [5, 5.41) is 10.5. The maximum Gasteiger partial charge on any atom is 0.187 e. The molecule has 0 aromatic heterocycles. The van der Waals surface area contributed by atoms with Crippen LogP contribution in [0.2, 0.25) is 0 Å². The average Bonchev–Trinajstić information content (AvgIpc) is 3.13. The second-order valence-electron chi connectivity index (χ2n) is 12.4. The van der Waals surface area contributed by atoms with Crippen LogP contribution < -0.4 is 0 Å². The predicted octanol–water partition coefficient (Wildman–Crippen LogP) is 7.25. The minimum atomic E-state index is -1.51. The van der Waals surface area contributed by atoms with Gasteiger partial charge in [0.2, 0.25) is 0 Å². The van der Waals surface area contributed by atoms with Gasteiger partial charge in [0.15, 0.2) is 10.6 Å². The quantitative estimate of drug-likeness (QED) is 0.132. The lowest BCUT2D eigenvalue weighted by Gasteiger charge is -2.53. The van der Waals surface area contributed by atoms with E-state index in [1.165, 1.54) is 0 Å². The van der Waals surface area contributed by atoms with Gasteiger partial charge in [-0.05, 0) is 22.3 Å². The lowest BCUT2D eigenvalue weighted by molar-refractivity contribution is -0.349. The van der Waals surface area contributed by atoms with Crippen molar-refractivity contribution in [2.45, 2.75) is 80.6 Å². The first kappa shape index (κ1) is 35.0. The number of halogens is 2. The number of hydrogen-bond donors (Lipinski definition) is 1. The Kier molecular flexibility index (Phi) is 12.2. The molecule has 0 radical (unpaired) electrons. The second kappa shape index (κ2) is 16.7. The van der Waals surface area contributed by atoms with Crippen LogP contribution in [0, 0.1) is 5.92 Å². The van der Waals surface area contributed by atoms with Crippen LogP contribution in [0.5, 0.6) is 0 Å². The van der Waals surface area contributed by atoms with Crippen LogP contribution in [-0.4, -0.2) is 59.0 Å². The third kappa shape index (κ3) is 8.66. The molecule has 1 saturated carbocycles. The summed E-state index contributed by atoms with van der Waals surface area (Å²) in [6.45, 7) is 3.33. The summed E-state index contributed by atoms with van der Waals surface area (Å²) >= 11 is 13.2. The summed E-state index contributed by atoms with van der Waals surface area (Å²) in [6, 6.07) is 39.8. The molecule has 0 spiro atoms. The molecule has 1 heterocycles. The molecule has 1 N–H and O–H groups in total. The fourth-order valence-electron chi connectivity index (χ4n) is 6.13. The van der Waals surface area contributed by atoms with Crippen LogP contribution in [0.15, 0.2) is 121 Å². The molecular formula is C39H42Cl2O7. The molecular weight excluding hydrogens is 651 g/mol. The van der Waals surface area contributed by atoms with Gasteiger partial charge < -0.3 is 33.5 Å². The molecule has 8 atom stereocenters. The van der Waals surface area contributed by atoms with Crippen molar-refractivity contribution in [2.24, 2.45) is 5.92 Å². The molecule has 0 amide bonds. The largest absolute Gasteiger partial charge is 0.390 e. The molecule has 4 aromatic rings. The molecule has 254 valence electrons. The minimum Gasteiger partial charge on any atom is -0.390 e. The van der Waals surface area contributed by atoms with Crippen LogP contribution in [0.4, 0.5) is 0 Å². The zero-order chi connectivity index (χ0) is 33.3. The topological polar surface area (TPSA) is 75.6 Å². The van der Waals surface area contributed by atoms with Crippen LogP contribution in [-0.2, 0) is 54.8 Å². The lowest BCUT2D eigenvalue weighted by atomic mass is 9.78. The third-order valence-electron chi connectivity index (χ3n) is 8.87. The fraction of sp³-hybridized carbons (Fsp3) is 0.385. The van der Waals surface area contributed by atoms with Crippen LogP contribution >= 0.6 is 23.2 Å². The second-order valence-corrected chi connectivity index (χ2v) is 13.8. The summed E-state index contributed by atoms with van der Waals surface area (Å²) in [7, 11) is 0. The van der Waals surface area contributed by atoms with Crippen LogP contribution in [0.25, 0.3) is 0 Å². The van der Waals surface area contributed by atoms with Crippen LogP contribution in [0.1, 0.15) is 29.2 Å². The molecule has 1 aliphatic heterocycles. The maximum absolute atomic E-state index is 10.5. The van der Waals surface area contributed by atoms with Gasteiger partial charge in [-0.15, -0.1) is 0 Å². The Labute approximate surface area is 292 Å². The van der Waals surface area contributed by atoms with Crippen molar-refractivity contribution in [3.8, 4) is 0 Å². The van der Waals surface area contributed by atoms with Crippen molar-refractivity contribution in [3.63, 3.8) is 0 Å². The normalized spacial score (nSPS) is 28.1. The van der Waals surface area contributed by atoms with E-state index >= 15 is 0 Å². The molecule has 0 bridgehead atoms. The number of aliphatic hydroxyl groups excluding tert-OH is 1. The summed E-state index contributed by atoms with van der Waals surface area (Å²) in [5.41, 5.74) is 4.02. The molecule has 2 aliphatic rings. The van der Waals surface area contributed by atoms with E-state index in [1.807, 2.05) is 128 Å². The highest BCUT2D eigenvalue weighted by Gasteiger charge is 2.61.